The van der Waals surface area contributed by atoms with Gasteiger partial charge in [-0.05, 0) is 25.1 Å². The van der Waals surface area contributed by atoms with Crippen LogP contribution in [0.15, 0.2) is 30.3 Å². The van der Waals surface area contributed by atoms with E-state index >= 15 is 0 Å². The number of aryl methyl sites for hydroxylation is 3. The molecular weight excluding hydrogens is 224 g/mol. The lowest BCUT2D eigenvalue weighted by Gasteiger charge is -2.04. The third kappa shape index (κ3) is 1.49. The summed E-state index contributed by atoms with van der Waals surface area (Å²) in [5.41, 5.74) is 10.4. The maximum Gasteiger partial charge on any atom is 0.146 e. The molecule has 2 N–H and O–H groups in total. The second-order valence-corrected chi connectivity index (χ2v) is 4.73. The minimum atomic E-state index is 0.550. The van der Waals surface area contributed by atoms with E-state index in [-0.39, 0.29) is 0 Å². The van der Waals surface area contributed by atoms with Gasteiger partial charge >= 0.3 is 0 Å². The molecule has 3 aromatic rings. The Morgan fingerprint density at radius 2 is 1.83 bits per heavy atom. The zero-order valence-electron chi connectivity index (χ0n) is 10.8. The van der Waals surface area contributed by atoms with E-state index in [1.165, 1.54) is 16.5 Å². The molecule has 18 heavy (non-hydrogen) atoms. The predicted molar refractivity (Wildman–Crippen MR) is 74.3 cm³/mol. The number of benzene rings is 1. The highest BCUT2D eigenvalue weighted by Gasteiger charge is 2.12. The molecule has 0 aliphatic heterocycles. The second kappa shape index (κ2) is 3.63. The average Bonchev–Trinajstić information content (AvgIpc) is 2.79. The van der Waals surface area contributed by atoms with Crippen LogP contribution in [-0.4, -0.2) is 14.3 Å². The van der Waals surface area contributed by atoms with E-state index in [2.05, 4.69) is 47.9 Å². The molecule has 0 unspecified atom stereocenters. The lowest BCUT2D eigenvalue weighted by Crippen LogP contribution is -1.98. The van der Waals surface area contributed by atoms with Crippen LogP contribution < -0.4 is 5.73 Å². The van der Waals surface area contributed by atoms with Gasteiger partial charge in [0.1, 0.15) is 5.82 Å². The minimum Gasteiger partial charge on any atom is -0.382 e. The van der Waals surface area contributed by atoms with Gasteiger partial charge in [0.2, 0.25) is 0 Å². The molecule has 0 atom stereocenters. The fourth-order valence-electron chi connectivity index (χ4n) is 2.44. The summed E-state index contributed by atoms with van der Waals surface area (Å²) < 4.78 is 3.99. The van der Waals surface area contributed by atoms with Gasteiger partial charge in [-0.2, -0.15) is 5.10 Å². The molecular formula is C14H16N4. The van der Waals surface area contributed by atoms with Gasteiger partial charge < -0.3 is 10.3 Å². The van der Waals surface area contributed by atoms with Gasteiger partial charge in [0, 0.05) is 31.1 Å². The van der Waals surface area contributed by atoms with Crippen LogP contribution in [0.3, 0.4) is 0 Å². The van der Waals surface area contributed by atoms with Gasteiger partial charge in [0.25, 0.3) is 0 Å². The summed E-state index contributed by atoms with van der Waals surface area (Å²) in [6, 6.07) is 10.6. The number of nitrogens with two attached hydrogens (primary N) is 1. The van der Waals surface area contributed by atoms with Crippen LogP contribution in [0.1, 0.15) is 5.56 Å². The normalized spacial score (nSPS) is 11.3. The van der Waals surface area contributed by atoms with Gasteiger partial charge in [-0.15, -0.1) is 0 Å². The van der Waals surface area contributed by atoms with E-state index in [9.17, 15) is 0 Å². The van der Waals surface area contributed by atoms with Crippen molar-refractivity contribution in [1.29, 1.82) is 0 Å². The van der Waals surface area contributed by atoms with Crippen LogP contribution in [0.25, 0.3) is 22.3 Å². The summed E-state index contributed by atoms with van der Waals surface area (Å²) in [5, 5.41) is 5.44. The lowest BCUT2D eigenvalue weighted by molar-refractivity contribution is 0.772. The van der Waals surface area contributed by atoms with Gasteiger partial charge in [-0.3, -0.25) is 4.68 Å². The molecule has 4 nitrogen and oxygen atoms in total. The van der Waals surface area contributed by atoms with Crippen molar-refractivity contribution in [3.05, 3.63) is 35.9 Å². The quantitative estimate of drug-likeness (QED) is 0.710. The summed E-state index contributed by atoms with van der Waals surface area (Å²) in [4.78, 5) is 0. The first-order valence-electron chi connectivity index (χ1n) is 5.92. The van der Waals surface area contributed by atoms with E-state index in [4.69, 9.17) is 5.73 Å². The number of rotatable bonds is 1. The third-order valence-electron chi connectivity index (χ3n) is 3.36. The molecule has 3 rings (SSSR count). The third-order valence-corrected chi connectivity index (χ3v) is 3.36. The molecule has 1 aromatic carbocycles. The van der Waals surface area contributed by atoms with Crippen LogP contribution in [0.4, 0.5) is 5.82 Å². The number of anilines is 1. The smallest absolute Gasteiger partial charge is 0.146 e. The molecule has 4 heteroatoms. The van der Waals surface area contributed by atoms with Crippen molar-refractivity contribution in [2.75, 3.05) is 5.73 Å². The number of nitrogen functional groups attached to an aromatic ring is 1. The van der Waals surface area contributed by atoms with Crippen molar-refractivity contribution in [3.8, 4) is 11.4 Å². The Bertz CT molecular complexity index is 734. The van der Waals surface area contributed by atoms with Gasteiger partial charge in [-0.1, -0.05) is 11.6 Å². The second-order valence-electron chi connectivity index (χ2n) is 4.73. The van der Waals surface area contributed by atoms with E-state index in [1.54, 1.807) is 0 Å². The highest BCUT2D eigenvalue weighted by molar-refractivity contribution is 5.87. The van der Waals surface area contributed by atoms with Crippen molar-refractivity contribution in [3.63, 3.8) is 0 Å². The number of hydrogen-bond donors (Lipinski definition) is 1. The van der Waals surface area contributed by atoms with Crippen molar-refractivity contribution in [2.24, 2.45) is 14.1 Å². The molecule has 92 valence electrons. The first-order valence-corrected chi connectivity index (χ1v) is 5.92. The predicted octanol–water partition coefficient (Wildman–Crippen LogP) is 2.47. The Kier molecular flexibility index (Phi) is 2.20. The molecule has 0 bridgehead atoms. The van der Waals surface area contributed by atoms with Crippen molar-refractivity contribution in [1.82, 2.24) is 14.3 Å². The van der Waals surface area contributed by atoms with Gasteiger partial charge in [0.05, 0.1) is 11.4 Å². The van der Waals surface area contributed by atoms with E-state index in [1.807, 2.05) is 17.8 Å². The van der Waals surface area contributed by atoms with E-state index in [0.717, 1.165) is 11.4 Å². The molecule has 0 radical (unpaired) electrons. The zero-order chi connectivity index (χ0) is 12.9. The molecule has 0 spiro atoms. The number of hydrogen-bond acceptors (Lipinski definition) is 2. The molecule has 0 saturated carbocycles. The summed E-state index contributed by atoms with van der Waals surface area (Å²) in [5.74, 6) is 0.550. The molecule has 2 aromatic heterocycles. The Labute approximate surface area is 106 Å². The summed E-state index contributed by atoms with van der Waals surface area (Å²) in [7, 11) is 3.98. The number of nitrogens with zero attached hydrogens (tertiary/aromatic N) is 3. The van der Waals surface area contributed by atoms with Crippen LogP contribution in [0.2, 0.25) is 0 Å². The van der Waals surface area contributed by atoms with Crippen molar-refractivity contribution in [2.45, 2.75) is 6.92 Å². The Morgan fingerprint density at radius 1 is 1.06 bits per heavy atom. The van der Waals surface area contributed by atoms with Crippen LogP contribution in [0, 0.1) is 6.92 Å². The molecule has 0 amide bonds. The molecule has 0 saturated heterocycles. The van der Waals surface area contributed by atoms with Crippen LogP contribution in [-0.2, 0) is 14.1 Å². The lowest BCUT2D eigenvalue weighted by atomic mass is 10.2. The highest BCUT2D eigenvalue weighted by atomic mass is 15.3. The number of aromatic nitrogens is 3. The molecule has 0 aliphatic carbocycles. The Balaban J connectivity index is 2.30. The van der Waals surface area contributed by atoms with Gasteiger partial charge in [0.15, 0.2) is 0 Å². The first-order chi connectivity index (χ1) is 8.56. The van der Waals surface area contributed by atoms with Crippen molar-refractivity contribution < 1.29 is 0 Å². The van der Waals surface area contributed by atoms with Crippen LogP contribution in [0.5, 0.6) is 0 Å². The van der Waals surface area contributed by atoms with Crippen LogP contribution >= 0.6 is 0 Å². The highest BCUT2D eigenvalue weighted by Crippen LogP contribution is 2.28. The topological polar surface area (TPSA) is 48.8 Å². The monoisotopic (exact) mass is 240 g/mol. The average molecular weight is 240 g/mol. The fraction of sp³-hybridized carbons (Fsp3) is 0.214. The maximum absolute atomic E-state index is 5.74. The van der Waals surface area contributed by atoms with Crippen molar-refractivity contribution >= 4 is 16.7 Å². The summed E-state index contributed by atoms with van der Waals surface area (Å²) >= 11 is 0. The van der Waals surface area contributed by atoms with E-state index < -0.39 is 0 Å². The summed E-state index contributed by atoms with van der Waals surface area (Å²) in [6.07, 6.45) is 0. The fourth-order valence-corrected chi connectivity index (χ4v) is 2.44. The minimum absolute atomic E-state index is 0.550. The Hall–Kier alpha value is -2.23. The standard InChI is InChI=1S/C14H16N4/c1-9-4-5-11-10(6-9)7-12(17(11)2)13-8-14(15)16-18(13)3/h4-8H,1-3H3,(H2,15,16). The maximum atomic E-state index is 5.74. The molecule has 0 fully saturated rings. The zero-order valence-corrected chi connectivity index (χ0v) is 10.8. The van der Waals surface area contributed by atoms with Gasteiger partial charge in [-0.25, -0.2) is 0 Å². The molecule has 2 heterocycles. The Morgan fingerprint density at radius 3 is 2.50 bits per heavy atom. The molecule has 0 aliphatic rings. The summed E-state index contributed by atoms with van der Waals surface area (Å²) in [6.45, 7) is 2.11. The van der Waals surface area contributed by atoms with E-state index in [0.29, 0.717) is 5.82 Å². The largest absolute Gasteiger partial charge is 0.382 e. The SMILES string of the molecule is Cc1ccc2c(c1)cc(-c1cc(N)nn1C)n2C. The first kappa shape index (κ1) is 10.9. The number of fused-ring (bicyclic) bond motifs is 1.